The van der Waals surface area contributed by atoms with Gasteiger partial charge in [-0.3, -0.25) is 0 Å². The van der Waals surface area contributed by atoms with E-state index in [1.165, 1.54) is 32.1 Å². The van der Waals surface area contributed by atoms with Crippen molar-refractivity contribution in [2.24, 2.45) is 16.2 Å². The molecule has 7 aromatic carbocycles. The van der Waals surface area contributed by atoms with E-state index in [1.54, 1.807) is 6.07 Å². The molecule has 0 bridgehead atoms. The highest BCUT2D eigenvalue weighted by Gasteiger charge is 2.38. The van der Waals surface area contributed by atoms with Crippen LogP contribution in [-0.4, -0.2) is 34.7 Å². The van der Waals surface area contributed by atoms with Crippen LogP contribution in [-0.2, 0) is 12.7 Å². The van der Waals surface area contributed by atoms with Gasteiger partial charge in [-0.2, -0.15) is 0 Å². The van der Waals surface area contributed by atoms with E-state index in [2.05, 4.69) is 173 Å². The number of anilines is 3. The summed E-state index contributed by atoms with van der Waals surface area (Å²) >= 11 is 0. The molecule has 0 heterocycles. The molecule has 86 heavy (non-hydrogen) atoms. The molecular weight excluding hydrogens is 1040 g/mol. The maximum Gasteiger partial charge on any atom is 0.0482 e. The summed E-state index contributed by atoms with van der Waals surface area (Å²) in [7, 11) is 0. The van der Waals surface area contributed by atoms with E-state index in [9.17, 15) is 6.85 Å². The molecule has 0 N–H and O–H groups in total. The Kier molecular flexibility index (Phi) is 16.8. The number of nitrogens with zero attached hydrogens (tertiary/aromatic N) is 3. The average molecular weight is 1170 g/mol. The van der Waals surface area contributed by atoms with Crippen molar-refractivity contribution in [1.82, 2.24) is 0 Å². The standard InChI is InChI=1S/C34H59N.C25H31N.C24H29N/c1-25(2)35(33(9,10)11)30-28(23-31(3,4)5)21-27(22-29(30)24-32(6,7)8)26-15-19-34(20-16-26)17-13-12-14-18-34;1-17(2)26(25(5,6)7)24-19(4)15-18(3)16-23(24)22-14-10-12-20-11-8-9-13-21(20)22;1-17(2)25(24(4,5)6)23-15-14-18(3)16-22(23)21-13-9-11-19-10-7-8-12-20(19)21/h21-22,25-26H,12-20,23-24H2,1-11H3;8-17H,1-7H3;7-17H,1-6H3/i23D2,24D2,26D;2*3D3. The predicted molar refractivity (Wildman–Crippen MR) is 385 cm³/mol. The van der Waals surface area contributed by atoms with Crippen molar-refractivity contribution in [3.63, 3.8) is 0 Å². The summed E-state index contributed by atoms with van der Waals surface area (Å²) in [6.07, 6.45) is 6.58. The van der Waals surface area contributed by atoms with Crippen molar-refractivity contribution in [2.75, 3.05) is 14.7 Å². The van der Waals surface area contributed by atoms with Gasteiger partial charge in [0, 0.05) is 78.0 Å². The number of hydrogen-bond donors (Lipinski definition) is 0. The van der Waals surface area contributed by atoms with E-state index < -0.39 is 43.2 Å². The van der Waals surface area contributed by atoms with E-state index in [-0.39, 0.29) is 34.7 Å². The monoisotopic (exact) mass is 1170 g/mol. The van der Waals surface area contributed by atoms with Gasteiger partial charge in [-0.1, -0.05) is 181 Å². The van der Waals surface area contributed by atoms with E-state index in [0.717, 1.165) is 92.0 Å². The normalized spacial score (nSPS) is 18.1. The fourth-order valence-electron chi connectivity index (χ4n) is 14.6. The molecule has 0 aliphatic heterocycles. The summed E-state index contributed by atoms with van der Waals surface area (Å²) in [6, 6.07) is 42.8. The Morgan fingerprint density at radius 2 is 0.895 bits per heavy atom. The first-order valence-corrected chi connectivity index (χ1v) is 32.6. The van der Waals surface area contributed by atoms with Gasteiger partial charge < -0.3 is 14.7 Å². The minimum absolute atomic E-state index is 0.0284. The van der Waals surface area contributed by atoms with Crippen LogP contribution in [0.1, 0.15) is 258 Å². The van der Waals surface area contributed by atoms with Crippen molar-refractivity contribution < 1.29 is 15.1 Å². The number of rotatable bonds is 11. The minimum atomic E-state index is -2.15. The minimum Gasteiger partial charge on any atom is -0.364 e. The van der Waals surface area contributed by atoms with Crippen LogP contribution in [0.4, 0.5) is 17.1 Å². The van der Waals surface area contributed by atoms with E-state index in [4.69, 9.17) is 8.22 Å². The topological polar surface area (TPSA) is 9.72 Å². The molecule has 3 heteroatoms. The summed E-state index contributed by atoms with van der Waals surface area (Å²) in [6.45, 7) is 41.9. The van der Waals surface area contributed by atoms with Crippen LogP contribution < -0.4 is 14.7 Å². The molecular formula is C83H119N3. The lowest BCUT2D eigenvalue weighted by Gasteiger charge is -2.45. The van der Waals surface area contributed by atoms with Gasteiger partial charge in [0.15, 0.2) is 0 Å². The number of fused-ring (bicyclic) bond motifs is 2. The maximum absolute atomic E-state index is 9.80. The van der Waals surface area contributed by atoms with Crippen LogP contribution in [0.25, 0.3) is 43.8 Å². The lowest BCUT2D eigenvalue weighted by Crippen LogP contribution is -2.47. The highest BCUT2D eigenvalue weighted by molar-refractivity contribution is 6.01. The van der Waals surface area contributed by atoms with Gasteiger partial charge in [-0.05, 0) is 271 Å². The summed E-state index contributed by atoms with van der Waals surface area (Å²) in [5.74, 6) is -0.836. The largest absolute Gasteiger partial charge is 0.364 e. The zero-order valence-corrected chi connectivity index (χ0v) is 57.6. The van der Waals surface area contributed by atoms with Gasteiger partial charge in [0.05, 0.1) is 0 Å². The van der Waals surface area contributed by atoms with Crippen LogP contribution in [0.2, 0.25) is 0 Å². The molecule has 2 fully saturated rings. The summed E-state index contributed by atoms with van der Waals surface area (Å²) in [5.41, 5.74) is 8.90. The first-order chi connectivity index (χ1) is 44.3. The quantitative estimate of drug-likeness (QED) is 0.128. The molecule has 7 aromatic rings. The Labute approximate surface area is 542 Å². The van der Waals surface area contributed by atoms with Crippen molar-refractivity contribution in [2.45, 2.75) is 277 Å². The Bertz CT molecular complexity index is 3780. The molecule has 2 saturated carbocycles. The highest BCUT2D eigenvalue weighted by Crippen LogP contribution is 2.52. The van der Waals surface area contributed by atoms with Crippen LogP contribution in [0, 0.1) is 36.9 Å². The smallest absolute Gasteiger partial charge is 0.0482 e. The third-order valence-electron chi connectivity index (χ3n) is 17.3. The fourth-order valence-corrected chi connectivity index (χ4v) is 14.6. The van der Waals surface area contributed by atoms with Crippen molar-refractivity contribution in [1.29, 1.82) is 0 Å². The van der Waals surface area contributed by atoms with Gasteiger partial charge in [0.25, 0.3) is 0 Å². The third-order valence-corrected chi connectivity index (χ3v) is 17.3. The second-order valence-electron chi connectivity index (χ2n) is 31.2. The summed E-state index contributed by atoms with van der Waals surface area (Å²) in [5, 5.41) is 4.57. The van der Waals surface area contributed by atoms with Crippen LogP contribution in [0.15, 0.2) is 127 Å². The molecule has 2 aliphatic carbocycles. The Hall–Kier alpha value is -5.54. The van der Waals surface area contributed by atoms with Gasteiger partial charge in [-0.15, -0.1) is 0 Å². The Morgan fingerprint density at radius 1 is 0.465 bits per heavy atom. The molecule has 0 unspecified atom stereocenters. The van der Waals surface area contributed by atoms with Crippen molar-refractivity contribution >= 4 is 38.6 Å². The Balaban J connectivity index is 0.000000210. The van der Waals surface area contributed by atoms with Crippen LogP contribution in [0.5, 0.6) is 0 Å². The third kappa shape index (κ3) is 16.8. The Morgan fingerprint density at radius 3 is 1.34 bits per heavy atom. The fraction of sp³-hybridized carbons (Fsp3) is 0.542. The van der Waals surface area contributed by atoms with Crippen molar-refractivity contribution in [3.05, 3.63) is 161 Å². The second-order valence-corrected chi connectivity index (χ2v) is 31.2. The SMILES string of the molecule is [2H]C([2H])([2H])c1cc(C)c(N(C(C)C)C(C)(C)C)c(-c2cccc3ccccc23)c1.[2H]C([2H])([2H])c1ccc(N(C(C)C)C(C)(C)C)c(-c2cccc3ccccc23)c1.[2H]C1(c2cc(C([2H])([2H])C(C)(C)C)c(N(C(C)C)C(C)(C)C)c(C([2H])([2H])C(C)(C)C)c2)CCC2(CCCCC2)CC1. The molecule has 466 valence electrons. The second kappa shape index (κ2) is 27.1. The zero-order valence-electron chi connectivity index (χ0n) is 68.6. The molecule has 9 rings (SSSR count). The van der Waals surface area contributed by atoms with E-state index in [1.807, 2.05) is 115 Å². The zero-order chi connectivity index (χ0) is 73.0. The first kappa shape index (κ1) is 53.5. The lowest BCUT2D eigenvalue weighted by atomic mass is 9.62. The van der Waals surface area contributed by atoms with Crippen molar-refractivity contribution in [3.8, 4) is 22.3 Å². The first-order valence-electron chi connectivity index (χ1n) is 38.1. The number of benzene rings is 7. The summed E-state index contributed by atoms with van der Waals surface area (Å²) < 4.78 is 95.7. The predicted octanol–water partition coefficient (Wildman–Crippen LogP) is 24.5. The van der Waals surface area contributed by atoms with Gasteiger partial charge in [-0.25, -0.2) is 0 Å². The number of aryl methyl sites for hydroxylation is 3. The average Bonchev–Trinajstić information content (AvgIpc) is 0.727. The highest BCUT2D eigenvalue weighted by atomic mass is 15.2. The van der Waals surface area contributed by atoms with E-state index in [0.29, 0.717) is 33.4 Å². The maximum atomic E-state index is 9.80. The van der Waals surface area contributed by atoms with Gasteiger partial charge in [0.1, 0.15) is 0 Å². The van der Waals surface area contributed by atoms with Gasteiger partial charge >= 0.3 is 0 Å². The van der Waals surface area contributed by atoms with Crippen LogP contribution in [0.3, 0.4) is 0 Å². The summed E-state index contributed by atoms with van der Waals surface area (Å²) in [4.78, 5) is 7.00. The molecule has 3 nitrogen and oxygen atoms in total. The molecule has 0 aromatic heterocycles. The molecule has 0 saturated heterocycles. The van der Waals surface area contributed by atoms with E-state index >= 15 is 0 Å². The van der Waals surface area contributed by atoms with Gasteiger partial charge in [0.2, 0.25) is 0 Å². The molecule has 0 amide bonds. The molecule has 1 spiro atoms. The molecule has 0 radical (unpaired) electrons. The molecule has 2 aliphatic rings. The van der Waals surface area contributed by atoms with Crippen LogP contribution >= 0.6 is 0 Å². The molecule has 0 atom stereocenters. The lowest BCUT2D eigenvalue weighted by molar-refractivity contribution is 0.114. The number of hydrogen-bond acceptors (Lipinski definition) is 3.